The Hall–Kier alpha value is -1.63. The van der Waals surface area contributed by atoms with Crippen molar-refractivity contribution < 1.29 is 0 Å². The summed E-state index contributed by atoms with van der Waals surface area (Å²) in [5.41, 5.74) is 5.13. The van der Waals surface area contributed by atoms with E-state index in [-0.39, 0.29) is 29.4 Å². The molecule has 5 heteroatoms. The third-order valence-electron chi connectivity index (χ3n) is 4.29. The van der Waals surface area contributed by atoms with Gasteiger partial charge in [0, 0.05) is 19.8 Å². The van der Waals surface area contributed by atoms with E-state index in [1.54, 1.807) is 7.05 Å². The molecule has 0 aliphatic carbocycles. The van der Waals surface area contributed by atoms with Crippen LogP contribution in [-0.4, -0.2) is 24.5 Å². The van der Waals surface area contributed by atoms with Crippen LogP contribution in [0.1, 0.15) is 43.2 Å². The van der Waals surface area contributed by atoms with Crippen LogP contribution in [0.4, 0.5) is 0 Å². The van der Waals surface area contributed by atoms with E-state index < -0.39 is 0 Å². The number of nitrogens with zero attached hydrogens (tertiary/aromatic N) is 2. The third-order valence-corrected chi connectivity index (χ3v) is 4.29. The molecule has 0 unspecified atom stereocenters. The number of rotatable bonds is 5. The molecular weight excluding hydrogens is 435 g/mol. The molecule has 1 aromatic carbocycles. The lowest BCUT2D eigenvalue weighted by atomic mass is 9.86. The van der Waals surface area contributed by atoms with Gasteiger partial charge in [-0.25, -0.2) is 0 Å². The topological polar surface area (TPSA) is 49.3 Å². The maximum atomic E-state index is 4.40. The molecular formula is C21H31IN4. The lowest BCUT2D eigenvalue weighted by Crippen LogP contribution is -2.38. The molecule has 0 spiro atoms. The number of halogens is 1. The van der Waals surface area contributed by atoms with Crippen LogP contribution in [-0.2, 0) is 18.4 Å². The van der Waals surface area contributed by atoms with Crippen LogP contribution in [0.25, 0.3) is 0 Å². The second-order valence-electron chi connectivity index (χ2n) is 7.32. The zero-order chi connectivity index (χ0) is 18.3. The number of aromatic nitrogens is 1. The first-order chi connectivity index (χ1) is 11.9. The van der Waals surface area contributed by atoms with Crippen molar-refractivity contribution in [2.24, 2.45) is 4.99 Å². The molecule has 0 aliphatic rings. The van der Waals surface area contributed by atoms with Gasteiger partial charge in [0.2, 0.25) is 0 Å². The highest BCUT2D eigenvalue weighted by Crippen LogP contribution is 2.22. The largest absolute Gasteiger partial charge is 0.356 e. The average molecular weight is 466 g/mol. The van der Waals surface area contributed by atoms with Gasteiger partial charge in [-0.15, -0.1) is 24.0 Å². The van der Waals surface area contributed by atoms with Gasteiger partial charge in [0.15, 0.2) is 5.96 Å². The van der Waals surface area contributed by atoms with Crippen molar-refractivity contribution in [2.75, 3.05) is 13.6 Å². The Morgan fingerprint density at radius 2 is 1.77 bits per heavy atom. The lowest BCUT2D eigenvalue weighted by molar-refractivity contribution is 0.590. The van der Waals surface area contributed by atoms with Gasteiger partial charge in [-0.05, 0) is 41.5 Å². The van der Waals surface area contributed by atoms with E-state index in [2.05, 4.69) is 78.6 Å². The first kappa shape index (κ1) is 22.4. The fourth-order valence-electron chi connectivity index (χ4n) is 2.59. The minimum Gasteiger partial charge on any atom is -0.356 e. The van der Waals surface area contributed by atoms with E-state index in [9.17, 15) is 0 Å². The summed E-state index contributed by atoms with van der Waals surface area (Å²) in [5.74, 6) is 0.802. The highest BCUT2D eigenvalue weighted by molar-refractivity contribution is 14.0. The molecule has 2 N–H and O–H groups in total. The van der Waals surface area contributed by atoms with Crippen LogP contribution in [0.3, 0.4) is 0 Å². The fraction of sp³-hybridized carbons (Fsp3) is 0.429. The van der Waals surface area contributed by atoms with Crippen LogP contribution in [0.2, 0.25) is 0 Å². The van der Waals surface area contributed by atoms with Crippen LogP contribution < -0.4 is 10.6 Å². The molecule has 2 aromatic rings. The van der Waals surface area contributed by atoms with Crippen molar-refractivity contribution in [3.63, 3.8) is 0 Å². The zero-order valence-electron chi connectivity index (χ0n) is 16.5. The highest BCUT2D eigenvalue weighted by Gasteiger charge is 2.12. The Kier molecular flexibility index (Phi) is 9.05. The standard InChI is InChI=1S/C21H30N4.HI/c1-16-7-6-13-23-19(16)15-25-20(22-5)24-14-12-17-8-10-18(11-9-17)21(2,3)4;/h6-11,13H,12,14-15H2,1-5H3,(H2,22,24,25);1H. The van der Waals surface area contributed by atoms with E-state index in [4.69, 9.17) is 0 Å². The number of hydrogen-bond acceptors (Lipinski definition) is 2. The van der Waals surface area contributed by atoms with Gasteiger partial charge in [-0.3, -0.25) is 9.98 Å². The predicted octanol–water partition coefficient (Wildman–Crippen LogP) is 4.21. The summed E-state index contributed by atoms with van der Waals surface area (Å²) in [5, 5.41) is 6.68. The van der Waals surface area contributed by atoms with E-state index in [1.807, 2.05) is 12.3 Å². The third kappa shape index (κ3) is 6.94. The van der Waals surface area contributed by atoms with Gasteiger partial charge in [0.05, 0.1) is 12.2 Å². The van der Waals surface area contributed by atoms with Crippen molar-refractivity contribution in [2.45, 2.75) is 46.1 Å². The van der Waals surface area contributed by atoms with Gasteiger partial charge in [-0.1, -0.05) is 51.1 Å². The number of aliphatic imine (C=N–C) groups is 1. The lowest BCUT2D eigenvalue weighted by Gasteiger charge is -2.19. The number of pyridine rings is 1. The van der Waals surface area contributed by atoms with Crippen molar-refractivity contribution in [1.82, 2.24) is 15.6 Å². The molecule has 142 valence electrons. The van der Waals surface area contributed by atoms with Crippen molar-refractivity contribution in [1.29, 1.82) is 0 Å². The van der Waals surface area contributed by atoms with Gasteiger partial charge in [0.25, 0.3) is 0 Å². The van der Waals surface area contributed by atoms with Crippen molar-refractivity contribution >= 4 is 29.9 Å². The van der Waals surface area contributed by atoms with Crippen molar-refractivity contribution in [3.05, 3.63) is 65.0 Å². The predicted molar refractivity (Wildman–Crippen MR) is 121 cm³/mol. The van der Waals surface area contributed by atoms with E-state index in [1.165, 1.54) is 16.7 Å². The van der Waals surface area contributed by atoms with Gasteiger partial charge < -0.3 is 10.6 Å². The molecule has 0 atom stereocenters. The number of aryl methyl sites for hydroxylation is 1. The molecule has 0 aliphatic heterocycles. The van der Waals surface area contributed by atoms with E-state index in [0.29, 0.717) is 6.54 Å². The monoisotopic (exact) mass is 466 g/mol. The van der Waals surface area contributed by atoms with Crippen LogP contribution in [0, 0.1) is 6.92 Å². The fourth-order valence-corrected chi connectivity index (χ4v) is 2.59. The maximum absolute atomic E-state index is 4.40. The highest BCUT2D eigenvalue weighted by atomic mass is 127. The number of nitrogens with one attached hydrogen (secondary N) is 2. The molecule has 0 saturated heterocycles. The minimum absolute atomic E-state index is 0. The number of guanidine groups is 1. The molecule has 1 heterocycles. The Labute approximate surface area is 174 Å². The van der Waals surface area contributed by atoms with Crippen molar-refractivity contribution in [3.8, 4) is 0 Å². The van der Waals surface area contributed by atoms with Gasteiger partial charge in [0.1, 0.15) is 0 Å². The van der Waals surface area contributed by atoms with E-state index >= 15 is 0 Å². The quantitative estimate of drug-likeness (QED) is 0.394. The molecule has 0 bridgehead atoms. The summed E-state index contributed by atoms with van der Waals surface area (Å²) < 4.78 is 0. The molecule has 4 nitrogen and oxygen atoms in total. The first-order valence-electron chi connectivity index (χ1n) is 8.84. The van der Waals surface area contributed by atoms with Crippen LogP contribution in [0.5, 0.6) is 0 Å². The van der Waals surface area contributed by atoms with Crippen LogP contribution in [0.15, 0.2) is 47.6 Å². The Morgan fingerprint density at radius 3 is 2.35 bits per heavy atom. The van der Waals surface area contributed by atoms with Gasteiger partial charge in [-0.2, -0.15) is 0 Å². The smallest absolute Gasteiger partial charge is 0.191 e. The zero-order valence-corrected chi connectivity index (χ0v) is 18.8. The summed E-state index contributed by atoms with van der Waals surface area (Å²) in [6.45, 7) is 10.3. The first-order valence-corrected chi connectivity index (χ1v) is 8.84. The second-order valence-corrected chi connectivity index (χ2v) is 7.32. The second kappa shape index (κ2) is 10.5. The Morgan fingerprint density at radius 1 is 1.08 bits per heavy atom. The summed E-state index contributed by atoms with van der Waals surface area (Å²) in [7, 11) is 1.79. The maximum Gasteiger partial charge on any atom is 0.191 e. The molecule has 1 aromatic heterocycles. The number of benzene rings is 1. The molecule has 2 rings (SSSR count). The van der Waals surface area contributed by atoms with E-state index in [0.717, 1.165) is 24.6 Å². The molecule has 0 amide bonds. The summed E-state index contributed by atoms with van der Waals surface area (Å²) in [6.07, 6.45) is 2.79. The average Bonchev–Trinajstić information content (AvgIpc) is 2.59. The van der Waals surface area contributed by atoms with Crippen LogP contribution >= 0.6 is 24.0 Å². The summed E-state index contributed by atoms with van der Waals surface area (Å²) in [4.78, 5) is 8.67. The SMILES string of the molecule is CN=C(NCCc1ccc(C(C)(C)C)cc1)NCc1ncccc1C.I. The normalized spacial score (nSPS) is 11.7. The molecule has 26 heavy (non-hydrogen) atoms. The molecule has 0 saturated carbocycles. The summed E-state index contributed by atoms with van der Waals surface area (Å²) >= 11 is 0. The Bertz CT molecular complexity index is 703. The van der Waals surface area contributed by atoms with Gasteiger partial charge >= 0.3 is 0 Å². The summed E-state index contributed by atoms with van der Waals surface area (Å²) in [6, 6.07) is 12.9. The molecule has 0 fully saturated rings. The molecule has 0 radical (unpaired) electrons. The Balaban J connectivity index is 0.00000338. The minimum atomic E-state index is 0. The number of hydrogen-bond donors (Lipinski definition) is 2.